The van der Waals surface area contributed by atoms with E-state index in [2.05, 4.69) is 4.98 Å². The van der Waals surface area contributed by atoms with Crippen LogP contribution in [-0.2, 0) is 16.0 Å². The summed E-state index contributed by atoms with van der Waals surface area (Å²) >= 11 is 0. The number of likely N-dealkylation sites (tertiary alicyclic amines) is 1. The van der Waals surface area contributed by atoms with E-state index in [0.717, 1.165) is 29.9 Å². The lowest BCUT2D eigenvalue weighted by molar-refractivity contribution is -0.192. The van der Waals surface area contributed by atoms with E-state index in [1.165, 1.54) is 0 Å². The first-order chi connectivity index (χ1) is 13.2. The molecule has 2 aliphatic heterocycles. The molecule has 0 radical (unpaired) electrons. The van der Waals surface area contributed by atoms with Crippen LogP contribution in [0.1, 0.15) is 18.4 Å². The summed E-state index contributed by atoms with van der Waals surface area (Å²) in [5.74, 6) is 1.67. The third-order valence-electron chi connectivity index (χ3n) is 5.19. The molecular weight excluding hydrogens is 344 g/mol. The summed E-state index contributed by atoms with van der Waals surface area (Å²) in [4.78, 5) is 18.5. The number of aromatic nitrogens is 1. The van der Waals surface area contributed by atoms with Gasteiger partial charge in [-0.1, -0.05) is 12.1 Å². The molecule has 1 unspecified atom stereocenters. The molecule has 2 fully saturated rings. The van der Waals surface area contributed by atoms with Crippen molar-refractivity contribution in [1.82, 2.24) is 9.88 Å². The minimum atomic E-state index is -0.269. The SMILES string of the molecule is COc1cccc(CC(=O)N2CC3(CC(Oc4cccnc4)CCO3)C2)c1. The second kappa shape index (κ2) is 7.56. The number of ether oxygens (including phenoxy) is 3. The van der Waals surface area contributed by atoms with Gasteiger partial charge < -0.3 is 19.1 Å². The van der Waals surface area contributed by atoms with Crippen LogP contribution < -0.4 is 9.47 Å². The molecule has 27 heavy (non-hydrogen) atoms. The van der Waals surface area contributed by atoms with Gasteiger partial charge in [-0.05, 0) is 29.8 Å². The fourth-order valence-electron chi connectivity index (χ4n) is 3.81. The van der Waals surface area contributed by atoms with Gasteiger partial charge in [-0.15, -0.1) is 0 Å². The maximum Gasteiger partial charge on any atom is 0.227 e. The summed E-state index contributed by atoms with van der Waals surface area (Å²) in [6.07, 6.45) is 5.59. The number of benzene rings is 1. The number of carbonyl (C=O) groups excluding carboxylic acids is 1. The van der Waals surface area contributed by atoms with Crippen LogP contribution in [0.3, 0.4) is 0 Å². The van der Waals surface area contributed by atoms with E-state index in [-0.39, 0.29) is 17.6 Å². The molecule has 0 N–H and O–H groups in total. The zero-order chi connectivity index (χ0) is 18.7. The molecule has 0 saturated carbocycles. The smallest absolute Gasteiger partial charge is 0.227 e. The highest BCUT2D eigenvalue weighted by Gasteiger charge is 2.49. The lowest BCUT2D eigenvalue weighted by atomic mass is 9.84. The van der Waals surface area contributed by atoms with E-state index in [1.807, 2.05) is 41.3 Å². The molecule has 2 aromatic rings. The van der Waals surface area contributed by atoms with Crippen LogP contribution >= 0.6 is 0 Å². The summed E-state index contributed by atoms with van der Waals surface area (Å²) in [5, 5.41) is 0. The molecule has 4 rings (SSSR count). The Morgan fingerprint density at radius 1 is 1.30 bits per heavy atom. The predicted octanol–water partition coefficient (Wildman–Crippen LogP) is 2.47. The highest BCUT2D eigenvalue weighted by atomic mass is 16.5. The molecule has 1 aromatic carbocycles. The molecule has 1 spiro atoms. The van der Waals surface area contributed by atoms with Crippen molar-refractivity contribution < 1.29 is 19.0 Å². The maximum atomic E-state index is 12.6. The van der Waals surface area contributed by atoms with Gasteiger partial charge in [-0.2, -0.15) is 0 Å². The van der Waals surface area contributed by atoms with Crippen LogP contribution in [0, 0.1) is 0 Å². The number of carbonyl (C=O) groups is 1. The normalized spacial score (nSPS) is 20.8. The van der Waals surface area contributed by atoms with E-state index < -0.39 is 0 Å². The number of amides is 1. The Balaban J connectivity index is 1.31. The molecule has 2 aliphatic rings. The molecule has 3 heterocycles. The number of hydrogen-bond acceptors (Lipinski definition) is 5. The van der Waals surface area contributed by atoms with Gasteiger partial charge in [0, 0.05) is 19.0 Å². The Hall–Kier alpha value is -2.60. The van der Waals surface area contributed by atoms with E-state index in [4.69, 9.17) is 14.2 Å². The first kappa shape index (κ1) is 17.8. The van der Waals surface area contributed by atoms with Crippen molar-refractivity contribution in [3.8, 4) is 11.5 Å². The minimum Gasteiger partial charge on any atom is -0.497 e. The standard InChI is InChI=1S/C21H24N2O4/c1-25-17-5-2-4-16(10-17)11-20(24)23-14-21(15-23)12-18(7-9-26-21)27-19-6-3-8-22-13-19/h2-6,8,10,13,18H,7,9,11-12,14-15H2,1H3. The Morgan fingerprint density at radius 3 is 2.93 bits per heavy atom. The zero-order valence-electron chi connectivity index (χ0n) is 15.5. The topological polar surface area (TPSA) is 60.9 Å². The first-order valence-electron chi connectivity index (χ1n) is 9.27. The molecule has 0 aliphatic carbocycles. The van der Waals surface area contributed by atoms with E-state index in [1.54, 1.807) is 19.5 Å². The number of rotatable bonds is 5. The van der Waals surface area contributed by atoms with Crippen molar-refractivity contribution >= 4 is 5.91 Å². The molecule has 6 nitrogen and oxygen atoms in total. The Labute approximate surface area is 159 Å². The molecule has 1 atom stereocenters. The van der Waals surface area contributed by atoms with Gasteiger partial charge in [0.05, 0.1) is 39.4 Å². The highest BCUT2D eigenvalue weighted by molar-refractivity contribution is 5.80. The molecule has 142 valence electrons. The Morgan fingerprint density at radius 2 is 2.15 bits per heavy atom. The molecule has 1 amide bonds. The number of nitrogens with zero attached hydrogens (tertiary/aromatic N) is 2. The van der Waals surface area contributed by atoms with Crippen molar-refractivity contribution in [2.24, 2.45) is 0 Å². The van der Waals surface area contributed by atoms with Crippen LogP contribution in [0.25, 0.3) is 0 Å². The monoisotopic (exact) mass is 368 g/mol. The molecule has 6 heteroatoms. The Bertz CT molecular complexity index is 790. The first-order valence-corrected chi connectivity index (χ1v) is 9.27. The van der Waals surface area contributed by atoms with Crippen LogP contribution in [-0.4, -0.2) is 54.3 Å². The fourth-order valence-corrected chi connectivity index (χ4v) is 3.81. The van der Waals surface area contributed by atoms with E-state index in [0.29, 0.717) is 26.1 Å². The molecule has 2 saturated heterocycles. The van der Waals surface area contributed by atoms with E-state index in [9.17, 15) is 4.79 Å². The van der Waals surface area contributed by atoms with E-state index >= 15 is 0 Å². The van der Waals surface area contributed by atoms with Crippen molar-refractivity contribution in [3.05, 3.63) is 54.4 Å². The van der Waals surface area contributed by atoms with Crippen LogP contribution in [0.2, 0.25) is 0 Å². The summed E-state index contributed by atoms with van der Waals surface area (Å²) in [5.41, 5.74) is 0.692. The van der Waals surface area contributed by atoms with Crippen LogP contribution in [0.4, 0.5) is 0 Å². The van der Waals surface area contributed by atoms with Gasteiger partial charge in [-0.25, -0.2) is 0 Å². The highest BCUT2D eigenvalue weighted by Crippen LogP contribution is 2.36. The fraction of sp³-hybridized carbons (Fsp3) is 0.429. The third kappa shape index (κ3) is 4.06. The lowest BCUT2D eigenvalue weighted by Crippen LogP contribution is -2.67. The summed E-state index contributed by atoms with van der Waals surface area (Å²) in [7, 11) is 1.63. The van der Waals surface area contributed by atoms with Crippen molar-refractivity contribution in [1.29, 1.82) is 0 Å². The number of methoxy groups -OCH3 is 1. The molecular formula is C21H24N2O4. The van der Waals surface area contributed by atoms with Gasteiger partial charge in [0.15, 0.2) is 0 Å². The van der Waals surface area contributed by atoms with Crippen molar-refractivity contribution in [2.75, 3.05) is 26.8 Å². The van der Waals surface area contributed by atoms with Gasteiger partial charge in [0.25, 0.3) is 0 Å². The lowest BCUT2D eigenvalue weighted by Gasteiger charge is -2.53. The minimum absolute atomic E-state index is 0.0959. The third-order valence-corrected chi connectivity index (χ3v) is 5.19. The Kier molecular flexibility index (Phi) is 4.99. The van der Waals surface area contributed by atoms with Gasteiger partial charge in [-0.3, -0.25) is 9.78 Å². The van der Waals surface area contributed by atoms with Crippen LogP contribution in [0.5, 0.6) is 11.5 Å². The molecule has 1 aromatic heterocycles. The van der Waals surface area contributed by atoms with Crippen molar-refractivity contribution in [3.63, 3.8) is 0 Å². The van der Waals surface area contributed by atoms with Gasteiger partial charge in [0.2, 0.25) is 5.91 Å². The second-order valence-corrected chi connectivity index (χ2v) is 7.23. The van der Waals surface area contributed by atoms with Gasteiger partial charge in [0.1, 0.15) is 23.2 Å². The van der Waals surface area contributed by atoms with Crippen molar-refractivity contribution in [2.45, 2.75) is 31.0 Å². The largest absolute Gasteiger partial charge is 0.497 e. The van der Waals surface area contributed by atoms with Gasteiger partial charge >= 0.3 is 0 Å². The summed E-state index contributed by atoms with van der Waals surface area (Å²) in [6, 6.07) is 11.4. The quantitative estimate of drug-likeness (QED) is 0.811. The second-order valence-electron chi connectivity index (χ2n) is 7.23. The molecule has 0 bridgehead atoms. The zero-order valence-corrected chi connectivity index (χ0v) is 15.5. The summed E-state index contributed by atoms with van der Waals surface area (Å²) in [6.45, 7) is 1.91. The number of pyridine rings is 1. The summed E-state index contributed by atoms with van der Waals surface area (Å²) < 4.78 is 17.3. The van der Waals surface area contributed by atoms with Crippen LogP contribution in [0.15, 0.2) is 48.8 Å². The predicted molar refractivity (Wildman–Crippen MR) is 99.8 cm³/mol. The average molecular weight is 368 g/mol. The average Bonchev–Trinajstić information content (AvgIpc) is 2.67. The number of hydrogen-bond donors (Lipinski definition) is 0. The maximum absolute atomic E-state index is 12.6.